The zero-order valence-electron chi connectivity index (χ0n) is 9.32. The van der Waals surface area contributed by atoms with Crippen molar-refractivity contribution in [3.8, 4) is 0 Å². The predicted octanol–water partition coefficient (Wildman–Crippen LogP) is 3.07. The molecular weight excluding hydrogens is 266 g/mol. The lowest BCUT2D eigenvalue weighted by atomic mass is 10.2. The summed E-state index contributed by atoms with van der Waals surface area (Å²) in [4.78, 5) is 10.9. The van der Waals surface area contributed by atoms with Crippen molar-refractivity contribution in [2.24, 2.45) is 0 Å². The monoisotopic (exact) mass is 278 g/mol. The molecule has 94 valence electrons. The molecule has 3 nitrogen and oxygen atoms in total. The van der Waals surface area contributed by atoms with Gasteiger partial charge in [-0.15, -0.1) is 0 Å². The molecule has 0 fully saturated rings. The Bertz CT molecular complexity index is 389. The summed E-state index contributed by atoms with van der Waals surface area (Å²) < 4.78 is 13.1. The minimum absolute atomic E-state index is 0.0121. The molecule has 0 saturated heterocycles. The van der Waals surface area contributed by atoms with Crippen molar-refractivity contribution in [1.82, 2.24) is 5.32 Å². The van der Waals surface area contributed by atoms with Gasteiger partial charge in [-0.1, -0.05) is 23.2 Å². The molecule has 0 heterocycles. The van der Waals surface area contributed by atoms with Crippen molar-refractivity contribution in [1.29, 1.82) is 0 Å². The molecule has 1 aromatic rings. The van der Waals surface area contributed by atoms with E-state index in [-0.39, 0.29) is 16.0 Å². The average Bonchev–Trinajstić information content (AvgIpc) is 2.31. The molecule has 0 aliphatic heterocycles. The van der Waals surface area contributed by atoms with E-state index in [0.29, 0.717) is 25.1 Å². The SMILES string of the molecule is CNC(=O)CCCNc1cc(Cl)c(F)c(Cl)c1. The molecule has 0 aromatic heterocycles. The van der Waals surface area contributed by atoms with E-state index in [4.69, 9.17) is 23.2 Å². The molecule has 0 bridgehead atoms. The molecule has 0 spiro atoms. The Kier molecular flexibility index (Phi) is 5.51. The van der Waals surface area contributed by atoms with E-state index in [0.717, 1.165) is 0 Å². The van der Waals surface area contributed by atoms with E-state index in [9.17, 15) is 9.18 Å². The smallest absolute Gasteiger partial charge is 0.219 e. The molecule has 2 N–H and O–H groups in total. The van der Waals surface area contributed by atoms with Crippen LogP contribution in [0.5, 0.6) is 0 Å². The van der Waals surface area contributed by atoms with Crippen LogP contribution in [0.25, 0.3) is 0 Å². The molecule has 6 heteroatoms. The maximum absolute atomic E-state index is 13.1. The number of rotatable bonds is 5. The first kappa shape index (κ1) is 14.1. The summed E-state index contributed by atoms with van der Waals surface area (Å²) in [6.07, 6.45) is 1.11. The van der Waals surface area contributed by atoms with Gasteiger partial charge < -0.3 is 10.6 Å². The minimum atomic E-state index is -0.621. The van der Waals surface area contributed by atoms with Crippen LogP contribution < -0.4 is 10.6 Å². The predicted molar refractivity (Wildman–Crippen MR) is 68.2 cm³/mol. The van der Waals surface area contributed by atoms with Crippen LogP contribution >= 0.6 is 23.2 Å². The van der Waals surface area contributed by atoms with E-state index in [1.807, 2.05) is 0 Å². The summed E-state index contributed by atoms with van der Waals surface area (Å²) >= 11 is 11.3. The first-order valence-electron chi connectivity index (χ1n) is 5.13. The number of anilines is 1. The van der Waals surface area contributed by atoms with Crippen molar-refractivity contribution >= 4 is 34.8 Å². The first-order chi connectivity index (χ1) is 8.04. The van der Waals surface area contributed by atoms with E-state index in [2.05, 4.69) is 10.6 Å². The normalized spacial score (nSPS) is 10.1. The van der Waals surface area contributed by atoms with Crippen LogP contribution in [-0.2, 0) is 4.79 Å². The molecule has 1 rings (SSSR count). The quantitative estimate of drug-likeness (QED) is 0.642. The maximum atomic E-state index is 13.1. The summed E-state index contributed by atoms with van der Waals surface area (Å²) in [5.41, 5.74) is 0.637. The third-order valence-corrected chi connectivity index (χ3v) is 2.72. The molecule has 1 amide bonds. The Balaban J connectivity index is 2.45. The number of carbonyl (C=O) groups is 1. The number of amides is 1. The van der Waals surface area contributed by atoms with Crippen LogP contribution in [0.3, 0.4) is 0 Å². The van der Waals surface area contributed by atoms with Gasteiger partial charge in [-0.2, -0.15) is 0 Å². The van der Waals surface area contributed by atoms with Gasteiger partial charge in [0.1, 0.15) is 0 Å². The van der Waals surface area contributed by atoms with Crippen molar-refractivity contribution < 1.29 is 9.18 Å². The molecule has 17 heavy (non-hydrogen) atoms. The van der Waals surface area contributed by atoms with Gasteiger partial charge in [0.2, 0.25) is 5.91 Å². The fourth-order valence-corrected chi connectivity index (χ4v) is 1.75. The van der Waals surface area contributed by atoms with Crippen LogP contribution in [0.2, 0.25) is 10.0 Å². The fourth-order valence-electron chi connectivity index (χ4n) is 1.26. The molecule has 0 aliphatic carbocycles. The lowest BCUT2D eigenvalue weighted by Gasteiger charge is -2.08. The molecule has 0 saturated carbocycles. The lowest BCUT2D eigenvalue weighted by Crippen LogP contribution is -2.18. The van der Waals surface area contributed by atoms with Crippen molar-refractivity contribution in [2.75, 3.05) is 18.9 Å². The second-order valence-corrected chi connectivity index (χ2v) is 4.27. The molecule has 0 unspecified atom stereocenters. The van der Waals surface area contributed by atoms with Crippen molar-refractivity contribution in [3.05, 3.63) is 28.0 Å². The number of halogens is 3. The van der Waals surface area contributed by atoms with E-state index in [1.165, 1.54) is 12.1 Å². The van der Waals surface area contributed by atoms with Gasteiger partial charge in [-0.05, 0) is 18.6 Å². The van der Waals surface area contributed by atoms with Crippen LogP contribution in [-0.4, -0.2) is 19.5 Å². The van der Waals surface area contributed by atoms with Gasteiger partial charge in [0, 0.05) is 25.7 Å². The highest BCUT2D eigenvalue weighted by molar-refractivity contribution is 6.35. The Hall–Kier alpha value is -1.00. The topological polar surface area (TPSA) is 41.1 Å². The molecule has 0 radical (unpaired) electrons. The summed E-state index contributed by atoms with van der Waals surface area (Å²) in [5, 5.41) is 5.50. The largest absolute Gasteiger partial charge is 0.385 e. The molecule has 0 aliphatic rings. The van der Waals surface area contributed by atoms with Crippen LogP contribution in [0.1, 0.15) is 12.8 Å². The highest BCUT2D eigenvalue weighted by Gasteiger charge is 2.07. The van der Waals surface area contributed by atoms with Gasteiger partial charge >= 0.3 is 0 Å². The van der Waals surface area contributed by atoms with Crippen LogP contribution in [0.15, 0.2) is 12.1 Å². The number of hydrogen-bond acceptors (Lipinski definition) is 2. The Labute approximate surface area is 109 Å². The Morgan fingerprint density at radius 2 is 1.94 bits per heavy atom. The number of nitrogens with one attached hydrogen (secondary N) is 2. The van der Waals surface area contributed by atoms with E-state index < -0.39 is 5.82 Å². The summed E-state index contributed by atoms with van der Waals surface area (Å²) in [6.45, 7) is 0.589. The zero-order valence-corrected chi connectivity index (χ0v) is 10.8. The summed E-state index contributed by atoms with van der Waals surface area (Å²) in [7, 11) is 1.59. The van der Waals surface area contributed by atoms with Gasteiger partial charge in [0.15, 0.2) is 5.82 Å². The number of benzene rings is 1. The van der Waals surface area contributed by atoms with Crippen LogP contribution in [0, 0.1) is 5.82 Å². The van der Waals surface area contributed by atoms with Gasteiger partial charge in [0.25, 0.3) is 0 Å². The fraction of sp³-hybridized carbons (Fsp3) is 0.364. The first-order valence-corrected chi connectivity index (χ1v) is 5.89. The molecular formula is C11H13Cl2FN2O. The van der Waals surface area contributed by atoms with Crippen molar-refractivity contribution in [3.63, 3.8) is 0 Å². The van der Waals surface area contributed by atoms with Gasteiger partial charge in [-0.25, -0.2) is 4.39 Å². The molecule has 1 aromatic carbocycles. The standard InChI is InChI=1S/C11H13Cl2FN2O/c1-15-10(17)3-2-4-16-7-5-8(12)11(14)9(13)6-7/h5-6,16H,2-4H2,1H3,(H,15,17). The number of hydrogen-bond donors (Lipinski definition) is 2. The minimum Gasteiger partial charge on any atom is -0.385 e. The second kappa shape index (κ2) is 6.67. The highest BCUT2D eigenvalue weighted by atomic mass is 35.5. The maximum Gasteiger partial charge on any atom is 0.219 e. The lowest BCUT2D eigenvalue weighted by molar-refractivity contribution is -0.120. The average molecular weight is 279 g/mol. The third-order valence-electron chi connectivity index (χ3n) is 2.17. The van der Waals surface area contributed by atoms with E-state index >= 15 is 0 Å². The van der Waals surface area contributed by atoms with E-state index in [1.54, 1.807) is 7.05 Å². The molecule has 0 atom stereocenters. The van der Waals surface area contributed by atoms with Crippen molar-refractivity contribution in [2.45, 2.75) is 12.8 Å². The Morgan fingerprint density at radius 3 is 2.47 bits per heavy atom. The highest BCUT2D eigenvalue weighted by Crippen LogP contribution is 2.27. The van der Waals surface area contributed by atoms with Gasteiger partial charge in [0.05, 0.1) is 10.0 Å². The van der Waals surface area contributed by atoms with Crippen LogP contribution in [0.4, 0.5) is 10.1 Å². The third kappa shape index (κ3) is 4.40. The number of carbonyl (C=O) groups excluding carboxylic acids is 1. The second-order valence-electron chi connectivity index (χ2n) is 3.46. The Morgan fingerprint density at radius 1 is 1.35 bits per heavy atom. The summed E-state index contributed by atoms with van der Waals surface area (Å²) in [5.74, 6) is -0.633. The summed E-state index contributed by atoms with van der Waals surface area (Å²) in [6, 6.07) is 2.92. The zero-order chi connectivity index (χ0) is 12.8. The van der Waals surface area contributed by atoms with Gasteiger partial charge in [-0.3, -0.25) is 4.79 Å².